The third-order valence-corrected chi connectivity index (χ3v) is 6.04. The fourth-order valence-corrected chi connectivity index (χ4v) is 4.02. The summed E-state index contributed by atoms with van der Waals surface area (Å²) in [5.41, 5.74) is 4.11. The first-order chi connectivity index (χ1) is 15.4. The second-order valence-corrected chi connectivity index (χ2v) is 8.26. The molecule has 1 heterocycles. The van der Waals surface area contributed by atoms with E-state index in [4.69, 9.17) is 23.2 Å². The lowest BCUT2D eigenvalue weighted by atomic mass is 10.1. The normalized spacial score (nSPS) is 11.4. The van der Waals surface area contributed by atoms with Crippen molar-refractivity contribution in [3.05, 3.63) is 99.3 Å². The third kappa shape index (κ3) is 4.27. The predicted octanol–water partition coefficient (Wildman–Crippen LogP) is 7.10. The summed E-state index contributed by atoms with van der Waals surface area (Å²) in [6.07, 6.45) is 1.60. The zero-order valence-corrected chi connectivity index (χ0v) is 19.0. The SMILES string of the molecule is Cc1cc(C=C(C#N)C(=O)Nc2ccc3ccccc3c2)c(C)n1-c1ccc(Cl)c(Cl)c1. The van der Waals surface area contributed by atoms with E-state index >= 15 is 0 Å². The Morgan fingerprint density at radius 1 is 0.969 bits per heavy atom. The van der Waals surface area contributed by atoms with Gasteiger partial charge >= 0.3 is 0 Å². The molecule has 0 bridgehead atoms. The van der Waals surface area contributed by atoms with E-state index in [0.717, 1.165) is 33.4 Å². The van der Waals surface area contributed by atoms with Crippen LogP contribution in [0.15, 0.2) is 72.3 Å². The number of nitrogens with zero attached hydrogens (tertiary/aromatic N) is 2. The van der Waals surface area contributed by atoms with E-state index in [9.17, 15) is 10.1 Å². The summed E-state index contributed by atoms with van der Waals surface area (Å²) in [5, 5.41) is 15.5. The lowest BCUT2D eigenvalue weighted by molar-refractivity contribution is -0.112. The maximum absolute atomic E-state index is 12.8. The molecule has 0 saturated carbocycles. The molecule has 0 atom stereocenters. The topological polar surface area (TPSA) is 57.8 Å². The van der Waals surface area contributed by atoms with Gasteiger partial charge in [-0.3, -0.25) is 4.79 Å². The number of nitrogens with one attached hydrogen (secondary N) is 1. The van der Waals surface area contributed by atoms with Crippen LogP contribution in [-0.4, -0.2) is 10.5 Å². The second-order valence-electron chi connectivity index (χ2n) is 7.45. The number of aryl methyl sites for hydroxylation is 1. The first kappa shape index (κ1) is 21.7. The fraction of sp³-hybridized carbons (Fsp3) is 0.0769. The van der Waals surface area contributed by atoms with Crippen LogP contribution < -0.4 is 5.32 Å². The predicted molar refractivity (Wildman–Crippen MR) is 131 cm³/mol. The molecule has 4 rings (SSSR count). The number of hydrogen-bond donors (Lipinski definition) is 1. The van der Waals surface area contributed by atoms with E-state index in [1.165, 1.54) is 0 Å². The Morgan fingerprint density at radius 3 is 2.44 bits per heavy atom. The molecular formula is C26H19Cl2N3O. The van der Waals surface area contributed by atoms with E-state index < -0.39 is 5.91 Å². The molecule has 0 saturated heterocycles. The number of nitriles is 1. The Kier molecular flexibility index (Phi) is 6.05. The van der Waals surface area contributed by atoms with Gasteiger partial charge in [-0.1, -0.05) is 53.5 Å². The van der Waals surface area contributed by atoms with Gasteiger partial charge in [0, 0.05) is 22.8 Å². The zero-order chi connectivity index (χ0) is 22.8. The van der Waals surface area contributed by atoms with Crippen LogP contribution in [0.3, 0.4) is 0 Å². The van der Waals surface area contributed by atoms with Crippen molar-refractivity contribution >= 4 is 51.6 Å². The molecular weight excluding hydrogens is 441 g/mol. The van der Waals surface area contributed by atoms with Crippen LogP contribution in [0.5, 0.6) is 0 Å². The standard InChI is InChI=1S/C26H19Cl2N3O/c1-16-11-20(17(2)31(16)23-9-10-24(27)25(28)14-23)12-21(15-29)26(32)30-22-8-7-18-5-3-4-6-19(18)13-22/h3-14H,1-2H3,(H,30,32). The molecule has 0 fully saturated rings. The Balaban J connectivity index is 1.64. The van der Waals surface area contributed by atoms with Crippen LogP contribution in [0.25, 0.3) is 22.5 Å². The van der Waals surface area contributed by atoms with Gasteiger partial charge < -0.3 is 9.88 Å². The number of halogens is 2. The van der Waals surface area contributed by atoms with Crippen molar-refractivity contribution in [2.75, 3.05) is 5.32 Å². The molecule has 0 aliphatic rings. The first-order valence-corrected chi connectivity index (χ1v) is 10.7. The molecule has 4 aromatic rings. The zero-order valence-electron chi connectivity index (χ0n) is 17.5. The van der Waals surface area contributed by atoms with E-state index in [1.807, 2.05) is 79.1 Å². The number of benzene rings is 3. The molecule has 0 spiro atoms. The summed E-state index contributed by atoms with van der Waals surface area (Å²) >= 11 is 12.2. The monoisotopic (exact) mass is 459 g/mol. The molecule has 1 aromatic heterocycles. The van der Waals surface area contributed by atoms with Crippen molar-refractivity contribution < 1.29 is 4.79 Å². The van der Waals surface area contributed by atoms with Crippen LogP contribution in [0.4, 0.5) is 5.69 Å². The van der Waals surface area contributed by atoms with Crippen LogP contribution >= 0.6 is 23.2 Å². The van der Waals surface area contributed by atoms with Crippen molar-refractivity contribution in [1.82, 2.24) is 4.57 Å². The number of fused-ring (bicyclic) bond motifs is 1. The smallest absolute Gasteiger partial charge is 0.266 e. The van der Waals surface area contributed by atoms with Gasteiger partial charge in [0.1, 0.15) is 11.6 Å². The highest BCUT2D eigenvalue weighted by atomic mass is 35.5. The third-order valence-electron chi connectivity index (χ3n) is 5.30. The Labute approximate surface area is 196 Å². The highest BCUT2D eigenvalue weighted by molar-refractivity contribution is 6.42. The summed E-state index contributed by atoms with van der Waals surface area (Å²) in [4.78, 5) is 12.8. The molecule has 0 aliphatic heterocycles. The van der Waals surface area contributed by atoms with Crippen molar-refractivity contribution in [3.8, 4) is 11.8 Å². The number of hydrogen-bond acceptors (Lipinski definition) is 2. The molecule has 32 heavy (non-hydrogen) atoms. The minimum atomic E-state index is -0.456. The lowest BCUT2D eigenvalue weighted by Crippen LogP contribution is -2.13. The molecule has 6 heteroatoms. The van der Waals surface area contributed by atoms with Gasteiger partial charge in [-0.25, -0.2) is 0 Å². The van der Waals surface area contributed by atoms with Gasteiger partial charge in [0.15, 0.2) is 0 Å². The van der Waals surface area contributed by atoms with Gasteiger partial charge in [0.05, 0.1) is 10.0 Å². The average molecular weight is 460 g/mol. The molecule has 4 nitrogen and oxygen atoms in total. The Bertz CT molecular complexity index is 1430. The lowest BCUT2D eigenvalue weighted by Gasteiger charge is -2.11. The molecule has 0 radical (unpaired) electrons. The summed E-state index contributed by atoms with van der Waals surface area (Å²) in [6, 6.07) is 22.9. The average Bonchev–Trinajstić information content (AvgIpc) is 3.06. The summed E-state index contributed by atoms with van der Waals surface area (Å²) < 4.78 is 2.00. The van der Waals surface area contributed by atoms with Crippen molar-refractivity contribution in [2.24, 2.45) is 0 Å². The van der Waals surface area contributed by atoms with Crippen LogP contribution in [0, 0.1) is 25.2 Å². The number of rotatable bonds is 4. The second kappa shape index (κ2) is 8.92. The molecule has 0 aliphatic carbocycles. The first-order valence-electron chi connectivity index (χ1n) is 9.93. The van der Waals surface area contributed by atoms with E-state index in [2.05, 4.69) is 5.32 Å². The van der Waals surface area contributed by atoms with E-state index in [1.54, 1.807) is 18.2 Å². The highest BCUT2D eigenvalue weighted by Gasteiger charge is 2.15. The van der Waals surface area contributed by atoms with Crippen LogP contribution in [0.1, 0.15) is 17.0 Å². The minimum absolute atomic E-state index is 0.0209. The molecule has 158 valence electrons. The minimum Gasteiger partial charge on any atom is -0.321 e. The van der Waals surface area contributed by atoms with Crippen molar-refractivity contribution in [1.29, 1.82) is 5.26 Å². The summed E-state index contributed by atoms with van der Waals surface area (Å²) in [6.45, 7) is 3.88. The van der Waals surface area contributed by atoms with Gasteiger partial charge in [-0.05, 0) is 72.7 Å². The molecule has 3 aromatic carbocycles. The quantitative estimate of drug-likeness (QED) is 0.261. The molecule has 1 amide bonds. The van der Waals surface area contributed by atoms with E-state index in [-0.39, 0.29) is 5.57 Å². The summed E-state index contributed by atoms with van der Waals surface area (Å²) in [7, 11) is 0. The Hall–Kier alpha value is -3.52. The number of amides is 1. The van der Waals surface area contributed by atoms with Crippen LogP contribution in [0.2, 0.25) is 10.0 Å². The maximum atomic E-state index is 12.8. The number of carbonyl (C=O) groups excluding carboxylic acids is 1. The largest absolute Gasteiger partial charge is 0.321 e. The van der Waals surface area contributed by atoms with Crippen LogP contribution in [-0.2, 0) is 4.79 Å². The number of aromatic nitrogens is 1. The fourth-order valence-electron chi connectivity index (χ4n) is 3.72. The summed E-state index contributed by atoms with van der Waals surface area (Å²) in [5.74, 6) is -0.456. The van der Waals surface area contributed by atoms with Gasteiger partial charge in [0.25, 0.3) is 5.91 Å². The number of carbonyl (C=O) groups is 1. The van der Waals surface area contributed by atoms with Gasteiger partial charge in [-0.2, -0.15) is 5.26 Å². The number of anilines is 1. The molecule has 1 N–H and O–H groups in total. The van der Waals surface area contributed by atoms with Gasteiger partial charge in [0.2, 0.25) is 0 Å². The van der Waals surface area contributed by atoms with E-state index in [0.29, 0.717) is 15.7 Å². The maximum Gasteiger partial charge on any atom is 0.266 e. The highest BCUT2D eigenvalue weighted by Crippen LogP contribution is 2.28. The Morgan fingerprint density at radius 2 is 1.72 bits per heavy atom. The van der Waals surface area contributed by atoms with Gasteiger partial charge in [-0.15, -0.1) is 0 Å². The van der Waals surface area contributed by atoms with Crippen molar-refractivity contribution in [3.63, 3.8) is 0 Å². The molecule has 0 unspecified atom stereocenters. The van der Waals surface area contributed by atoms with Crippen molar-refractivity contribution in [2.45, 2.75) is 13.8 Å².